The molecule has 144 valence electrons. The summed E-state index contributed by atoms with van der Waals surface area (Å²) in [4.78, 5) is 5.49. The summed E-state index contributed by atoms with van der Waals surface area (Å²) in [5.74, 6) is 0.539. The third-order valence-electron chi connectivity index (χ3n) is 5.12. The summed E-state index contributed by atoms with van der Waals surface area (Å²) in [7, 11) is 2.09. The van der Waals surface area contributed by atoms with Gasteiger partial charge >= 0.3 is 0 Å². The molecular formula is C19H28N2O5. The van der Waals surface area contributed by atoms with E-state index in [-0.39, 0.29) is 0 Å². The number of H-pyrrole nitrogens is 1. The molecule has 0 saturated carbocycles. The predicted molar refractivity (Wildman–Crippen MR) is 98.2 cm³/mol. The van der Waals surface area contributed by atoms with Gasteiger partial charge in [0.1, 0.15) is 24.1 Å². The molecule has 1 fully saturated rings. The van der Waals surface area contributed by atoms with Crippen LogP contribution in [0.3, 0.4) is 0 Å². The first-order chi connectivity index (χ1) is 12.4. The number of ether oxygens (including phenoxy) is 2. The number of likely N-dealkylation sites (N-methyl/N-ethyl adjacent to an activating group) is 1. The second-order valence-electron chi connectivity index (χ2n) is 6.94. The zero-order valence-corrected chi connectivity index (χ0v) is 15.4. The highest BCUT2D eigenvalue weighted by molar-refractivity contribution is 5.88. The number of aromatic amines is 1. The Hall–Kier alpha value is -1.64. The van der Waals surface area contributed by atoms with Gasteiger partial charge in [-0.15, -0.1) is 0 Å². The average Bonchev–Trinajstić information content (AvgIpc) is 3.06. The van der Waals surface area contributed by atoms with Gasteiger partial charge in [-0.1, -0.05) is 19.1 Å². The monoisotopic (exact) mass is 364 g/mol. The van der Waals surface area contributed by atoms with Crippen molar-refractivity contribution in [1.82, 2.24) is 9.88 Å². The first-order valence-electron chi connectivity index (χ1n) is 9.06. The van der Waals surface area contributed by atoms with Crippen molar-refractivity contribution < 1.29 is 24.8 Å². The molecule has 26 heavy (non-hydrogen) atoms. The van der Waals surface area contributed by atoms with Gasteiger partial charge in [0.2, 0.25) is 6.29 Å². The number of nitrogens with zero attached hydrogens (tertiary/aromatic N) is 1. The Labute approximate surface area is 153 Å². The van der Waals surface area contributed by atoms with E-state index in [1.807, 2.05) is 18.3 Å². The lowest BCUT2D eigenvalue weighted by Gasteiger charge is -2.38. The largest absolute Gasteiger partial charge is 0.460 e. The normalized spacial score (nSPS) is 29.4. The summed E-state index contributed by atoms with van der Waals surface area (Å²) < 4.78 is 11.4. The minimum Gasteiger partial charge on any atom is -0.460 e. The third kappa shape index (κ3) is 3.72. The quantitative estimate of drug-likeness (QED) is 0.607. The summed E-state index contributed by atoms with van der Waals surface area (Å²) in [5.41, 5.74) is 2.02. The van der Waals surface area contributed by atoms with Crippen molar-refractivity contribution in [3.63, 3.8) is 0 Å². The number of aromatic nitrogens is 1. The molecule has 2 aromatic rings. The Balaban J connectivity index is 1.79. The second-order valence-corrected chi connectivity index (χ2v) is 6.94. The molecule has 7 heteroatoms. The second kappa shape index (κ2) is 7.94. The van der Waals surface area contributed by atoms with E-state index < -0.39 is 30.7 Å². The lowest BCUT2D eigenvalue weighted by atomic mass is 10.00. The number of hydrogen-bond acceptors (Lipinski definition) is 6. The van der Waals surface area contributed by atoms with Crippen molar-refractivity contribution in [3.8, 4) is 5.75 Å². The van der Waals surface area contributed by atoms with E-state index in [0.717, 1.165) is 30.4 Å². The molecule has 1 saturated heterocycles. The first-order valence-corrected chi connectivity index (χ1v) is 9.06. The number of nitrogens with one attached hydrogen (secondary N) is 1. The van der Waals surface area contributed by atoms with Crippen molar-refractivity contribution in [2.45, 2.75) is 51.0 Å². The summed E-state index contributed by atoms with van der Waals surface area (Å²) in [6, 6.07) is 5.71. The minimum absolute atomic E-state index is 0.539. The number of aliphatic hydroxyl groups excluding tert-OH is 3. The van der Waals surface area contributed by atoms with Gasteiger partial charge in [-0.2, -0.15) is 0 Å². The third-order valence-corrected chi connectivity index (χ3v) is 5.12. The van der Waals surface area contributed by atoms with Crippen molar-refractivity contribution in [2.24, 2.45) is 0 Å². The van der Waals surface area contributed by atoms with Crippen LogP contribution in [0.5, 0.6) is 5.75 Å². The van der Waals surface area contributed by atoms with Crippen LogP contribution in [0.1, 0.15) is 19.4 Å². The lowest BCUT2D eigenvalue weighted by molar-refractivity contribution is -0.267. The van der Waals surface area contributed by atoms with E-state index >= 15 is 0 Å². The molecule has 1 aliphatic heterocycles. The number of benzene rings is 1. The van der Waals surface area contributed by atoms with Crippen molar-refractivity contribution in [1.29, 1.82) is 0 Å². The fourth-order valence-corrected chi connectivity index (χ4v) is 3.19. The molecule has 1 aromatic heterocycles. The molecule has 4 N–H and O–H groups in total. The molecule has 7 nitrogen and oxygen atoms in total. The van der Waals surface area contributed by atoms with Crippen LogP contribution in [0.15, 0.2) is 24.4 Å². The summed E-state index contributed by atoms with van der Waals surface area (Å²) >= 11 is 0. The standard InChI is InChI=1S/C19H28N2O5/c1-4-21(3)9-8-12-10-20-15-13(12)6-5-7-14(15)26-19-18(24)17(23)16(22)11(2)25-19/h5-7,10-11,16-20,22-24H,4,8-9H2,1-3H3. The summed E-state index contributed by atoms with van der Waals surface area (Å²) in [6.45, 7) is 5.72. The summed E-state index contributed by atoms with van der Waals surface area (Å²) in [5, 5.41) is 31.0. The van der Waals surface area contributed by atoms with E-state index in [0.29, 0.717) is 5.75 Å². The summed E-state index contributed by atoms with van der Waals surface area (Å²) in [6.07, 6.45) is -2.59. The van der Waals surface area contributed by atoms with Crippen molar-refractivity contribution in [2.75, 3.05) is 20.1 Å². The highest BCUT2D eigenvalue weighted by Crippen LogP contribution is 2.31. The average molecular weight is 364 g/mol. The van der Waals surface area contributed by atoms with E-state index in [2.05, 4.69) is 23.9 Å². The van der Waals surface area contributed by atoms with Crippen LogP contribution in [0.4, 0.5) is 0 Å². The highest BCUT2D eigenvalue weighted by Gasteiger charge is 2.43. The van der Waals surface area contributed by atoms with Crippen LogP contribution in [0, 0.1) is 0 Å². The maximum absolute atomic E-state index is 10.2. The van der Waals surface area contributed by atoms with E-state index in [1.54, 1.807) is 13.0 Å². The fraction of sp³-hybridized carbons (Fsp3) is 0.579. The Morgan fingerprint density at radius 1 is 1.19 bits per heavy atom. The van der Waals surface area contributed by atoms with Gasteiger partial charge in [0.15, 0.2) is 0 Å². The molecule has 0 spiro atoms. The molecule has 1 aromatic carbocycles. The van der Waals surface area contributed by atoms with Gasteiger partial charge in [-0.05, 0) is 38.6 Å². The number of aliphatic hydroxyl groups is 3. The Kier molecular flexibility index (Phi) is 5.84. The Morgan fingerprint density at radius 3 is 2.69 bits per heavy atom. The van der Waals surface area contributed by atoms with Crippen LogP contribution in [-0.2, 0) is 11.2 Å². The van der Waals surface area contributed by atoms with Gasteiger partial charge in [-0.25, -0.2) is 0 Å². The van der Waals surface area contributed by atoms with E-state index in [4.69, 9.17) is 9.47 Å². The van der Waals surface area contributed by atoms with Gasteiger partial charge in [0.25, 0.3) is 0 Å². The lowest BCUT2D eigenvalue weighted by Crippen LogP contribution is -2.58. The number of rotatable bonds is 6. The zero-order valence-electron chi connectivity index (χ0n) is 15.4. The van der Waals surface area contributed by atoms with Crippen molar-refractivity contribution in [3.05, 3.63) is 30.0 Å². The molecule has 0 radical (unpaired) electrons. The zero-order chi connectivity index (χ0) is 18.8. The molecule has 3 rings (SSSR count). The van der Waals surface area contributed by atoms with Gasteiger partial charge in [-0.3, -0.25) is 0 Å². The number of hydrogen-bond donors (Lipinski definition) is 4. The van der Waals surface area contributed by atoms with Crippen LogP contribution >= 0.6 is 0 Å². The molecule has 0 amide bonds. The highest BCUT2D eigenvalue weighted by atomic mass is 16.7. The SMILES string of the molecule is CCN(C)CCc1c[nH]c2c(OC3OC(C)C(O)C(O)C3O)cccc12. The number of fused-ring (bicyclic) bond motifs is 1. The van der Waals surface area contributed by atoms with Crippen LogP contribution in [-0.4, -0.2) is 76.0 Å². The van der Waals surface area contributed by atoms with Gasteiger partial charge in [0.05, 0.1) is 11.6 Å². The fourth-order valence-electron chi connectivity index (χ4n) is 3.19. The topological polar surface area (TPSA) is 98.2 Å². The smallest absolute Gasteiger partial charge is 0.229 e. The predicted octanol–water partition coefficient (Wildman–Crippen LogP) is 0.868. The van der Waals surface area contributed by atoms with Gasteiger partial charge in [0, 0.05) is 18.1 Å². The van der Waals surface area contributed by atoms with Crippen LogP contribution in [0.2, 0.25) is 0 Å². The van der Waals surface area contributed by atoms with E-state index in [9.17, 15) is 15.3 Å². The van der Waals surface area contributed by atoms with Crippen LogP contribution < -0.4 is 4.74 Å². The van der Waals surface area contributed by atoms with Crippen LogP contribution in [0.25, 0.3) is 10.9 Å². The molecule has 5 atom stereocenters. The molecule has 0 aliphatic carbocycles. The Morgan fingerprint density at radius 2 is 1.96 bits per heavy atom. The Bertz CT molecular complexity index is 734. The van der Waals surface area contributed by atoms with Gasteiger partial charge < -0.3 is 34.7 Å². The minimum atomic E-state index is -1.33. The number of para-hydroxylation sites is 1. The molecule has 0 bridgehead atoms. The molecular weight excluding hydrogens is 336 g/mol. The maximum Gasteiger partial charge on any atom is 0.229 e. The molecule has 5 unspecified atom stereocenters. The van der Waals surface area contributed by atoms with Crippen molar-refractivity contribution >= 4 is 10.9 Å². The van der Waals surface area contributed by atoms with E-state index in [1.165, 1.54) is 5.56 Å². The molecule has 2 heterocycles. The first kappa shape index (κ1) is 19.1. The maximum atomic E-state index is 10.2. The molecule has 1 aliphatic rings.